The van der Waals surface area contributed by atoms with Gasteiger partial charge in [0.05, 0.1) is 6.42 Å². The van der Waals surface area contributed by atoms with Crippen molar-refractivity contribution in [2.75, 3.05) is 7.11 Å². The minimum Gasteiger partial charge on any atom is -0.357 e. The van der Waals surface area contributed by atoms with Crippen molar-refractivity contribution < 1.29 is 9.53 Å². The van der Waals surface area contributed by atoms with Crippen LogP contribution in [-0.4, -0.2) is 13.0 Å². The van der Waals surface area contributed by atoms with Gasteiger partial charge in [-0.05, 0) is 11.6 Å². The third-order valence-electron chi connectivity index (χ3n) is 2.92. The summed E-state index contributed by atoms with van der Waals surface area (Å²) in [6.45, 7) is 0. The summed E-state index contributed by atoms with van der Waals surface area (Å²) in [5.41, 5.74) is 1.71. The molecule has 20 heavy (non-hydrogen) atoms. The van der Waals surface area contributed by atoms with Crippen LogP contribution in [0.25, 0.3) is 0 Å². The first-order valence-corrected chi connectivity index (χ1v) is 6.69. The Labute approximate surface area is 123 Å². The predicted octanol–water partition coefficient (Wildman–Crippen LogP) is 3.34. The molecule has 0 fully saturated rings. The molecule has 2 aromatic rings. The zero-order valence-corrected chi connectivity index (χ0v) is 11.9. The minimum atomic E-state index is -0.542. The first-order valence-electron chi connectivity index (χ1n) is 6.31. The number of hydrogen-bond donors (Lipinski definition) is 1. The number of benzene rings is 2. The summed E-state index contributed by atoms with van der Waals surface area (Å²) in [7, 11) is 1.54. The van der Waals surface area contributed by atoms with E-state index in [9.17, 15) is 4.79 Å². The summed E-state index contributed by atoms with van der Waals surface area (Å²) in [5, 5.41) is 3.40. The molecule has 3 nitrogen and oxygen atoms in total. The summed E-state index contributed by atoms with van der Waals surface area (Å²) < 4.78 is 5.31. The number of nitrogens with one attached hydrogen (secondary N) is 1. The van der Waals surface area contributed by atoms with Crippen LogP contribution in [0.4, 0.5) is 0 Å². The van der Waals surface area contributed by atoms with Crippen molar-refractivity contribution in [3.05, 3.63) is 70.7 Å². The molecule has 0 aromatic heterocycles. The lowest BCUT2D eigenvalue weighted by molar-refractivity contribution is -0.124. The van der Waals surface area contributed by atoms with Crippen molar-refractivity contribution in [2.45, 2.75) is 12.6 Å². The SMILES string of the molecule is COC(NC(=O)Cc1ccccc1)c1ccccc1Cl. The quantitative estimate of drug-likeness (QED) is 0.857. The van der Waals surface area contributed by atoms with Crippen LogP contribution < -0.4 is 5.32 Å². The van der Waals surface area contributed by atoms with Crippen molar-refractivity contribution in [2.24, 2.45) is 0 Å². The Morgan fingerprint density at radius 1 is 1.15 bits per heavy atom. The van der Waals surface area contributed by atoms with Gasteiger partial charge in [0.2, 0.25) is 5.91 Å². The number of methoxy groups -OCH3 is 1. The Kier molecular flexibility index (Phi) is 5.16. The molecule has 1 atom stereocenters. The monoisotopic (exact) mass is 289 g/mol. The highest BCUT2D eigenvalue weighted by atomic mass is 35.5. The lowest BCUT2D eigenvalue weighted by Gasteiger charge is -2.18. The van der Waals surface area contributed by atoms with E-state index in [0.717, 1.165) is 11.1 Å². The Hall–Kier alpha value is -1.84. The van der Waals surface area contributed by atoms with Gasteiger partial charge in [-0.2, -0.15) is 0 Å². The van der Waals surface area contributed by atoms with E-state index in [1.807, 2.05) is 48.5 Å². The molecular formula is C16H16ClNO2. The molecule has 0 saturated carbocycles. The number of hydrogen-bond acceptors (Lipinski definition) is 2. The molecule has 2 aromatic carbocycles. The van der Waals surface area contributed by atoms with Gasteiger partial charge < -0.3 is 10.1 Å². The van der Waals surface area contributed by atoms with Gasteiger partial charge in [-0.15, -0.1) is 0 Å². The van der Waals surface area contributed by atoms with Crippen molar-refractivity contribution >= 4 is 17.5 Å². The van der Waals surface area contributed by atoms with Crippen LogP contribution >= 0.6 is 11.6 Å². The number of carbonyl (C=O) groups excluding carboxylic acids is 1. The molecular weight excluding hydrogens is 274 g/mol. The third-order valence-corrected chi connectivity index (χ3v) is 3.27. The van der Waals surface area contributed by atoms with Crippen LogP contribution in [0.15, 0.2) is 54.6 Å². The fourth-order valence-electron chi connectivity index (χ4n) is 1.93. The number of rotatable bonds is 5. The molecule has 0 radical (unpaired) electrons. The average Bonchev–Trinajstić information content (AvgIpc) is 2.46. The molecule has 0 heterocycles. The summed E-state index contributed by atoms with van der Waals surface area (Å²) in [6, 6.07) is 16.9. The minimum absolute atomic E-state index is 0.108. The van der Waals surface area contributed by atoms with Gasteiger partial charge >= 0.3 is 0 Å². The predicted molar refractivity (Wildman–Crippen MR) is 79.5 cm³/mol. The molecule has 104 valence electrons. The van der Waals surface area contributed by atoms with Crippen LogP contribution in [0.3, 0.4) is 0 Å². The molecule has 1 N–H and O–H groups in total. The van der Waals surface area contributed by atoms with Crippen molar-refractivity contribution in [1.29, 1.82) is 0 Å². The van der Waals surface area contributed by atoms with Crippen molar-refractivity contribution in [1.82, 2.24) is 5.32 Å². The molecule has 0 bridgehead atoms. The van der Waals surface area contributed by atoms with E-state index in [4.69, 9.17) is 16.3 Å². The standard InChI is InChI=1S/C16H16ClNO2/c1-20-16(13-9-5-6-10-14(13)17)18-15(19)11-12-7-3-2-4-8-12/h2-10,16H,11H2,1H3,(H,18,19). The largest absolute Gasteiger partial charge is 0.357 e. The van der Waals surface area contributed by atoms with E-state index < -0.39 is 6.23 Å². The number of carbonyl (C=O) groups is 1. The molecule has 4 heteroatoms. The van der Waals surface area contributed by atoms with E-state index >= 15 is 0 Å². The normalized spacial score (nSPS) is 11.9. The lowest BCUT2D eigenvalue weighted by Crippen LogP contribution is -2.31. The highest BCUT2D eigenvalue weighted by Gasteiger charge is 2.16. The summed E-state index contributed by atoms with van der Waals surface area (Å²) >= 11 is 6.11. The first-order chi connectivity index (χ1) is 9.70. The van der Waals surface area contributed by atoms with E-state index in [1.54, 1.807) is 6.07 Å². The second-order valence-corrected chi connectivity index (χ2v) is 4.77. The zero-order valence-electron chi connectivity index (χ0n) is 11.2. The Morgan fingerprint density at radius 3 is 2.45 bits per heavy atom. The Morgan fingerprint density at radius 2 is 1.80 bits per heavy atom. The van der Waals surface area contributed by atoms with Crippen LogP contribution in [0.5, 0.6) is 0 Å². The van der Waals surface area contributed by atoms with Crippen LogP contribution in [-0.2, 0) is 16.0 Å². The number of halogens is 1. The molecule has 0 spiro atoms. The summed E-state index contributed by atoms with van der Waals surface area (Å²) in [5.74, 6) is -0.108. The van der Waals surface area contributed by atoms with E-state index in [2.05, 4.69) is 5.32 Å². The highest BCUT2D eigenvalue weighted by Crippen LogP contribution is 2.23. The average molecular weight is 290 g/mol. The van der Waals surface area contributed by atoms with Gasteiger partial charge in [0.25, 0.3) is 0 Å². The fourth-order valence-corrected chi connectivity index (χ4v) is 2.16. The molecule has 1 amide bonds. The van der Waals surface area contributed by atoms with Crippen LogP contribution in [0.1, 0.15) is 17.4 Å². The van der Waals surface area contributed by atoms with Crippen molar-refractivity contribution in [3.63, 3.8) is 0 Å². The smallest absolute Gasteiger partial charge is 0.226 e. The zero-order chi connectivity index (χ0) is 14.4. The maximum absolute atomic E-state index is 12.0. The first kappa shape index (κ1) is 14.6. The molecule has 0 aliphatic heterocycles. The van der Waals surface area contributed by atoms with Crippen molar-refractivity contribution in [3.8, 4) is 0 Å². The highest BCUT2D eigenvalue weighted by molar-refractivity contribution is 6.31. The Bertz CT molecular complexity index is 572. The van der Waals surface area contributed by atoms with Gasteiger partial charge in [-0.3, -0.25) is 4.79 Å². The lowest BCUT2D eigenvalue weighted by atomic mass is 10.1. The van der Waals surface area contributed by atoms with E-state index in [0.29, 0.717) is 11.4 Å². The summed E-state index contributed by atoms with van der Waals surface area (Å²) in [6.07, 6.45) is -0.231. The van der Waals surface area contributed by atoms with Gasteiger partial charge in [0, 0.05) is 17.7 Å². The van der Waals surface area contributed by atoms with Gasteiger partial charge in [0.15, 0.2) is 6.23 Å². The van der Waals surface area contributed by atoms with Gasteiger partial charge in [0.1, 0.15) is 0 Å². The maximum Gasteiger partial charge on any atom is 0.226 e. The second kappa shape index (κ2) is 7.08. The molecule has 0 saturated heterocycles. The molecule has 0 aliphatic rings. The molecule has 2 rings (SSSR count). The van der Waals surface area contributed by atoms with Gasteiger partial charge in [-0.1, -0.05) is 60.1 Å². The third kappa shape index (κ3) is 3.83. The molecule has 1 unspecified atom stereocenters. The topological polar surface area (TPSA) is 38.3 Å². The Balaban J connectivity index is 2.04. The maximum atomic E-state index is 12.0. The molecule has 0 aliphatic carbocycles. The van der Waals surface area contributed by atoms with Crippen LogP contribution in [0, 0.1) is 0 Å². The van der Waals surface area contributed by atoms with E-state index in [1.165, 1.54) is 7.11 Å². The number of amides is 1. The van der Waals surface area contributed by atoms with E-state index in [-0.39, 0.29) is 5.91 Å². The second-order valence-electron chi connectivity index (χ2n) is 4.37. The van der Waals surface area contributed by atoms with Crippen LogP contribution in [0.2, 0.25) is 5.02 Å². The summed E-state index contributed by atoms with van der Waals surface area (Å²) in [4.78, 5) is 12.0. The fraction of sp³-hybridized carbons (Fsp3) is 0.188. The van der Waals surface area contributed by atoms with Gasteiger partial charge in [-0.25, -0.2) is 0 Å². The number of ether oxygens (including phenoxy) is 1.